The summed E-state index contributed by atoms with van der Waals surface area (Å²) in [5.41, 5.74) is 1.35. The summed E-state index contributed by atoms with van der Waals surface area (Å²) in [5.74, 6) is -1.80. The molecule has 1 N–H and O–H groups in total. The number of rotatable bonds is 5. The fourth-order valence-corrected chi connectivity index (χ4v) is 3.31. The highest BCUT2D eigenvalue weighted by Gasteiger charge is 2.38. The van der Waals surface area contributed by atoms with Gasteiger partial charge in [-0.15, -0.1) is 0 Å². The summed E-state index contributed by atoms with van der Waals surface area (Å²) in [7, 11) is 0. The summed E-state index contributed by atoms with van der Waals surface area (Å²) in [6, 6.07) is 7.16. The normalized spacial score (nSPS) is 24.5. The molecule has 2 heterocycles. The van der Waals surface area contributed by atoms with E-state index in [2.05, 4.69) is 0 Å². The zero-order valence-corrected chi connectivity index (χ0v) is 13.8. The number of amides is 1. The molecule has 1 aromatic carbocycles. The van der Waals surface area contributed by atoms with Gasteiger partial charge in [0.25, 0.3) is 5.91 Å². The molecule has 1 fully saturated rings. The molecular weight excluding hydrogens is 310 g/mol. The quantitative estimate of drug-likeness (QED) is 0.894. The molecule has 1 aromatic rings. The molecule has 0 radical (unpaired) electrons. The molecule has 0 aliphatic carbocycles. The van der Waals surface area contributed by atoms with E-state index in [1.54, 1.807) is 25.1 Å². The number of fused-ring (bicyclic) bond motifs is 1. The number of anilines is 1. The SMILES string of the molecule is C[C@H](OC[C@@H]1CCCCO1)C(=O)N1C[C@@H](C(=O)O)c2ccccc21. The van der Waals surface area contributed by atoms with Crippen LogP contribution in [0.4, 0.5) is 5.69 Å². The average molecular weight is 333 g/mol. The monoisotopic (exact) mass is 333 g/mol. The first-order valence-electron chi connectivity index (χ1n) is 8.44. The van der Waals surface area contributed by atoms with E-state index in [1.807, 2.05) is 6.07 Å². The molecule has 3 rings (SSSR count). The van der Waals surface area contributed by atoms with E-state index >= 15 is 0 Å². The highest BCUT2D eigenvalue weighted by molar-refractivity contribution is 6.01. The van der Waals surface area contributed by atoms with E-state index in [1.165, 1.54) is 4.90 Å². The predicted octanol–water partition coefficient (Wildman–Crippen LogP) is 2.18. The maximum absolute atomic E-state index is 12.7. The molecular formula is C18H23NO5. The highest BCUT2D eigenvalue weighted by atomic mass is 16.5. The second-order valence-corrected chi connectivity index (χ2v) is 6.36. The number of carboxylic acids is 1. The maximum atomic E-state index is 12.7. The third-order valence-corrected chi connectivity index (χ3v) is 4.69. The van der Waals surface area contributed by atoms with Crippen LogP contribution in [0.2, 0.25) is 0 Å². The summed E-state index contributed by atoms with van der Waals surface area (Å²) >= 11 is 0. The molecule has 0 unspecified atom stereocenters. The Balaban J connectivity index is 1.65. The first-order valence-corrected chi connectivity index (χ1v) is 8.44. The average Bonchev–Trinajstić information content (AvgIpc) is 3.00. The van der Waals surface area contributed by atoms with E-state index in [0.717, 1.165) is 25.9 Å². The number of benzene rings is 1. The zero-order chi connectivity index (χ0) is 17.1. The lowest BCUT2D eigenvalue weighted by Gasteiger charge is -2.26. The van der Waals surface area contributed by atoms with E-state index < -0.39 is 18.0 Å². The molecule has 24 heavy (non-hydrogen) atoms. The highest BCUT2D eigenvalue weighted by Crippen LogP contribution is 2.36. The Labute approximate surface area is 141 Å². The van der Waals surface area contributed by atoms with Crippen molar-refractivity contribution < 1.29 is 24.2 Å². The topological polar surface area (TPSA) is 76.1 Å². The third kappa shape index (κ3) is 3.44. The van der Waals surface area contributed by atoms with Crippen LogP contribution in [0, 0.1) is 0 Å². The van der Waals surface area contributed by atoms with Crippen molar-refractivity contribution in [1.29, 1.82) is 0 Å². The number of para-hydroxylation sites is 1. The Morgan fingerprint density at radius 1 is 1.38 bits per heavy atom. The van der Waals surface area contributed by atoms with Crippen molar-refractivity contribution in [3.05, 3.63) is 29.8 Å². The van der Waals surface area contributed by atoms with Crippen molar-refractivity contribution in [2.24, 2.45) is 0 Å². The van der Waals surface area contributed by atoms with Gasteiger partial charge in [0.1, 0.15) is 12.0 Å². The number of carbonyl (C=O) groups is 2. The minimum Gasteiger partial charge on any atom is -0.481 e. The van der Waals surface area contributed by atoms with Crippen LogP contribution in [0.25, 0.3) is 0 Å². The molecule has 0 aromatic heterocycles. The molecule has 0 bridgehead atoms. The van der Waals surface area contributed by atoms with Crippen molar-refractivity contribution in [3.63, 3.8) is 0 Å². The predicted molar refractivity (Wildman–Crippen MR) is 88.2 cm³/mol. The van der Waals surface area contributed by atoms with Crippen LogP contribution in [0.1, 0.15) is 37.7 Å². The fourth-order valence-electron chi connectivity index (χ4n) is 3.31. The number of nitrogens with zero attached hydrogens (tertiary/aromatic N) is 1. The van der Waals surface area contributed by atoms with Gasteiger partial charge in [-0.05, 0) is 37.8 Å². The molecule has 130 valence electrons. The summed E-state index contributed by atoms with van der Waals surface area (Å²) in [5, 5.41) is 9.39. The van der Waals surface area contributed by atoms with Gasteiger partial charge in [0, 0.05) is 18.8 Å². The molecule has 0 saturated carbocycles. The van der Waals surface area contributed by atoms with Crippen LogP contribution in [-0.2, 0) is 19.1 Å². The lowest BCUT2D eigenvalue weighted by atomic mass is 10.0. The summed E-state index contributed by atoms with van der Waals surface area (Å²) in [4.78, 5) is 25.7. The Hall–Kier alpha value is -1.92. The van der Waals surface area contributed by atoms with Gasteiger partial charge in [-0.1, -0.05) is 18.2 Å². The number of hydrogen-bond donors (Lipinski definition) is 1. The maximum Gasteiger partial charge on any atom is 0.312 e. The number of ether oxygens (including phenoxy) is 2. The number of carboxylic acid groups (broad SMARTS) is 1. The summed E-state index contributed by atoms with van der Waals surface area (Å²) < 4.78 is 11.3. The van der Waals surface area contributed by atoms with Gasteiger partial charge in [-0.25, -0.2) is 0 Å². The van der Waals surface area contributed by atoms with Crippen molar-refractivity contribution in [2.75, 3.05) is 24.7 Å². The first-order chi connectivity index (χ1) is 11.6. The van der Waals surface area contributed by atoms with Gasteiger partial charge in [-0.2, -0.15) is 0 Å². The van der Waals surface area contributed by atoms with Crippen LogP contribution in [0.5, 0.6) is 0 Å². The van der Waals surface area contributed by atoms with Gasteiger partial charge >= 0.3 is 5.97 Å². The molecule has 6 heteroatoms. The van der Waals surface area contributed by atoms with E-state index in [0.29, 0.717) is 17.9 Å². The molecule has 6 nitrogen and oxygen atoms in total. The Morgan fingerprint density at radius 2 is 2.17 bits per heavy atom. The van der Waals surface area contributed by atoms with Crippen molar-refractivity contribution in [2.45, 2.75) is 44.3 Å². The Morgan fingerprint density at radius 3 is 2.88 bits per heavy atom. The largest absolute Gasteiger partial charge is 0.481 e. The lowest BCUT2D eigenvalue weighted by Crippen LogP contribution is -2.40. The lowest BCUT2D eigenvalue weighted by molar-refractivity contribution is -0.138. The van der Waals surface area contributed by atoms with Crippen LogP contribution in [0.3, 0.4) is 0 Å². The minimum absolute atomic E-state index is 0.0478. The van der Waals surface area contributed by atoms with E-state index in [4.69, 9.17) is 9.47 Å². The first kappa shape index (κ1) is 16.9. The second-order valence-electron chi connectivity index (χ2n) is 6.36. The molecule has 2 aliphatic heterocycles. The summed E-state index contributed by atoms with van der Waals surface area (Å²) in [6.45, 7) is 3.00. The van der Waals surface area contributed by atoms with E-state index in [9.17, 15) is 14.7 Å². The number of hydrogen-bond acceptors (Lipinski definition) is 4. The summed E-state index contributed by atoms with van der Waals surface area (Å²) in [6.07, 6.45) is 2.57. The number of carbonyl (C=O) groups excluding carboxylic acids is 1. The van der Waals surface area contributed by atoms with Crippen LogP contribution >= 0.6 is 0 Å². The van der Waals surface area contributed by atoms with Crippen molar-refractivity contribution in [3.8, 4) is 0 Å². The van der Waals surface area contributed by atoms with Crippen molar-refractivity contribution >= 4 is 17.6 Å². The van der Waals surface area contributed by atoms with Gasteiger partial charge < -0.3 is 19.5 Å². The zero-order valence-electron chi connectivity index (χ0n) is 13.8. The van der Waals surface area contributed by atoms with Crippen LogP contribution in [0.15, 0.2) is 24.3 Å². The molecule has 3 atom stereocenters. The Kier molecular flexibility index (Phi) is 5.16. The van der Waals surface area contributed by atoms with Crippen LogP contribution < -0.4 is 4.90 Å². The molecule has 2 aliphatic rings. The van der Waals surface area contributed by atoms with Gasteiger partial charge in [-0.3, -0.25) is 9.59 Å². The fraction of sp³-hybridized carbons (Fsp3) is 0.556. The van der Waals surface area contributed by atoms with E-state index in [-0.39, 0.29) is 18.6 Å². The van der Waals surface area contributed by atoms with Gasteiger partial charge in [0.15, 0.2) is 0 Å². The molecule has 1 saturated heterocycles. The standard InChI is InChI=1S/C18H23NO5/c1-12(24-11-13-6-4-5-9-23-13)17(20)19-10-15(18(21)22)14-7-2-3-8-16(14)19/h2-3,7-8,12-13,15H,4-6,9-11H2,1H3,(H,21,22)/t12-,13-,15+/m0/s1. The Bertz CT molecular complexity index is 611. The van der Waals surface area contributed by atoms with Crippen molar-refractivity contribution in [1.82, 2.24) is 0 Å². The minimum atomic E-state index is -0.915. The molecule has 1 amide bonds. The smallest absolute Gasteiger partial charge is 0.312 e. The molecule has 0 spiro atoms. The van der Waals surface area contributed by atoms with Gasteiger partial charge in [0.2, 0.25) is 0 Å². The second kappa shape index (κ2) is 7.32. The third-order valence-electron chi connectivity index (χ3n) is 4.69. The van der Waals surface area contributed by atoms with Crippen LogP contribution in [-0.4, -0.2) is 48.9 Å². The van der Waals surface area contributed by atoms with Gasteiger partial charge in [0.05, 0.1) is 12.7 Å². The number of aliphatic carboxylic acids is 1.